The van der Waals surface area contributed by atoms with E-state index in [0.29, 0.717) is 11.1 Å². The summed E-state index contributed by atoms with van der Waals surface area (Å²) < 4.78 is 0. The predicted molar refractivity (Wildman–Crippen MR) is 72.9 cm³/mol. The van der Waals surface area contributed by atoms with Gasteiger partial charge in [0.25, 0.3) is 5.69 Å². The third-order valence-electron chi connectivity index (χ3n) is 4.40. The Morgan fingerprint density at radius 2 is 2.15 bits per heavy atom. The van der Waals surface area contributed by atoms with Crippen LogP contribution in [-0.2, 0) is 0 Å². The molecule has 20 heavy (non-hydrogen) atoms. The molecule has 2 aliphatic rings. The van der Waals surface area contributed by atoms with Crippen LogP contribution in [0.4, 0.5) is 11.4 Å². The SMILES string of the molecule is O=C(O)c1cc(NCC2(C3CC3)CC2)ccc1[N+](=O)[O-]. The summed E-state index contributed by atoms with van der Waals surface area (Å²) in [5.41, 5.74) is 0.396. The molecule has 106 valence electrons. The quantitative estimate of drug-likeness (QED) is 0.615. The number of nitro benzene ring substituents is 1. The van der Waals surface area contributed by atoms with Crippen molar-refractivity contribution in [1.82, 2.24) is 0 Å². The highest BCUT2D eigenvalue weighted by Gasteiger charge is 2.53. The molecule has 0 aliphatic heterocycles. The zero-order valence-corrected chi connectivity index (χ0v) is 11.0. The predicted octanol–water partition coefficient (Wildman–Crippen LogP) is 2.90. The maximum absolute atomic E-state index is 11.1. The van der Waals surface area contributed by atoms with Crippen LogP contribution in [-0.4, -0.2) is 22.5 Å². The van der Waals surface area contributed by atoms with Gasteiger partial charge in [-0.05, 0) is 49.1 Å². The number of nitrogens with zero attached hydrogens (tertiary/aromatic N) is 1. The zero-order valence-electron chi connectivity index (χ0n) is 11.0. The van der Waals surface area contributed by atoms with E-state index >= 15 is 0 Å². The largest absolute Gasteiger partial charge is 0.477 e. The second kappa shape index (κ2) is 4.47. The number of hydrogen-bond acceptors (Lipinski definition) is 4. The van der Waals surface area contributed by atoms with Crippen LogP contribution in [0.25, 0.3) is 0 Å². The fraction of sp³-hybridized carbons (Fsp3) is 0.500. The molecular formula is C14H16N2O4. The number of hydrogen-bond donors (Lipinski definition) is 2. The van der Waals surface area contributed by atoms with Gasteiger partial charge in [-0.1, -0.05) is 0 Å². The van der Waals surface area contributed by atoms with E-state index in [1.165, 1.54) is 37.8 Å². The summed E-state index contributed by atoms with van der Waals surface area (Å²) in [4.78, 5) is 21.2. The van der Waals surface area contributed by atoms with Crippen LogP contribution in [0.2, 0.25) is 0 Å². The molecule has 3 rings (SSSR count). The third-order valence-corrected chi connectivity index (χ3v) is 4.40. The molecule has 0 spiro atoms. The van der Waals surface area contributed by atoms with Crippen LogP contribution in [0, 0.1) is 21.4 Å². The van der Waals surface area contributed by atoms with Crippen molar-refractivity contribution in [3.05, 3.63) is 33.9 Å². The lowest BCUT2D eigenvalue weighted by Gasteiger charge is -2.16. The van der Waals surface area contributed by atoms with Gasteiger partial charge in [-0.25, -0.2) is 4.79 Å². The molecule has 2 saturated carbocycles. The Kier molecular flexibility index (Phi) is 2.88. The molecule has 0 heterocycles. The smallest absolute Gasteiger partial charge is 0.342 e. The Labute approximate surface area is 115 Å². The van der Waals surface area contributed by atoms with Crippen LogP contribution >= 0.6 is 0 Å². The minimum atomic E-state index is -1.27. The molecule has 0 amide bonds. The first-order valence-electron chi connectivity index (χ1n) is 6.77. The molecule has 0 saturated heterocycles. The van der Waals surface area contributed by atoms with Crippen LogP contribution < -0.4 is 5.32 Å². The van der Waals surface area contributed by atoms with Gasteiger partial charge in [0.2, 0.25) is 0 Å². The van der Waals surface area contributed by atoms with E-state index in [1.807, 2.05) is 0 Å². The Morgan fingerprint density at radius 1 is 1.45 bits per heavy atom. The number of aromatic carboxylic acids is 1. The number of carbonyl (C=O) groups is 1. The fourth-order valence-electron chi connectivity index (χ4n) is 2.84. The molecule has 1 aromatic rings. The minimum Gasteiger partial charge on any atom is -0.477 e. The number of carboxylic acids is 1. The number of nitro groups is 1. The number of carboxylic acid groups (broad SMARTS) is 1. The number of rotatable bonds is 6. The van der Waals surface area contributed by atoms with E-state index in [1.54, 1.807) is 6.07 Å². The molecule has 0 unspecified atom stereocenters. The summed E-state index contributed by atoms with van der Waals surface area (Å²) in [7, 11) is 0. The van der Waals surface area contributed by atoms with Crippen molar-refractivity contribution in [2.24, 2.45) is 11.3 Å². The lowest BCUT2D eigenvalue weighted by molar-refractivity contribution is -0.385. The van der Waals surface area contributed by atoms with Gasteiger partial charge in [0, 0.05) is 18.3 Å². The summed E-state index contributed by atoms with van der Waals surface area (Å²) in [6.07, 6.45) is 5.04. The van der Waals surface area contributed by atoms with Gasteiger partial charge >= 0.3 is 5.97 Å². The van der Waals surface area contributed by atoms with E-state index in [9.17, 15) is 14.9 Å². The highest BCUT2D eigenvalue weighted by Crippen LogP contribution is 2.61. The maximum atomic E-state index is 11.1. The van der Waals surface area contributed by atoms with Crippen LogP contribution in [0.1, 0.15) is 36.0 Å². The van der Waals surface area contributed by atoms with Crippen LogP contribution in [0.3, 0.4) is 0 Å². The van der Waals surface area contributed by atoms with Crippen LogP contribution in [0.5, 0.6) is 0 Å². The second-order valence-electron chi connectivity index (χ2n) is 5.78. The first kappa shape index (κ1) is 12.9. The van der Waals surface area contributed by atoms with Crippen molar-refractivity contribution < 1.29 is 14.8 Å². The van der Waals surface area contributed by atoms with Gasteiger partial charge in [-0.3, -0.25) is 10.1 Å². The number of benzene rings is 1. The normalized spacial score (nSPS) is 19.4. The Bertz CT molecular complexity index is 577. The van der Waals surface area contributed by atoms with Gasteiger partial charge in [0.1, 0.15) is 5.56 Å². The lowest BCUT2D eigenvalue weighted by atomic mass is 10.0. The summed E-state index contributed by atoms with van der Waals surface area (Å²) >= 11 is 0. The van der Waals surface area contributed by atoms with Gasteiger partial charge < -0.3 is 10.4 Å². The first-order chi connectivity index (χ1) is 9.52. The average Bonchev–Trinajstić information content (AvgIpc) is 3.27. The summed E-state index contributed by atoms with van der Waals surface area (Å²) in [6, 6.07) is 4.18. The Hall–Kier alpha value is -2.11. The first-order valence-corrected chi connectivity index (χ1v) is 6.77. The van der Waals surface area contributed by atoms with Gasteiger partial charge in [0.05, 0.1) is 4.92 Å². The topological polar surface area (TPSA) is 92.5 Å². The number of nitrogens with one attached hydrogen (secondary N) is 1. The van der Waals surface area contributed by atoms with Gasteiger partial charge in [-0.2, -0.15) is 0 Å². The van der Waals surface area contributed by atoms with Crippen molar-refractivity contribution >= 4 is 17.3 Å². The molecule has 0 atom stereocenters. The molecule has 0 bridgehead atoms. The maximum Gasteiger partial charge on any atom is 0.342 e. The molecule has 6 heteroatoms. The molecule has 2 N–H and O–H groups in total. The van der Waals surface area contributed by atoms with Gasteiger partial charge in [0.15, 0.2) is 0 Å². The average molecular weight is 276 g/mol. The summed E-state index contributed by atoms with van der Waals surface area (Å²) in [6.45, 7) is 0.828. The number of anilines is 1. The van der Waals surface area contributed by atoms with E-state index in [4.69, 9.17) is 5.11 Å². The molecule has 0 aromatic heterocycles. The molecule has 0 radical (unpaired) electrons. The van der Waals surface area contributed by atoms with Crippen molar-refractivity contribution in [3.63, 3.8) is 0 Å². The monoisotopic (exact) mass is 276 g/mol. The highest BCUT2D eigenvalue weighted by molar-refractivity contribution is 5.93. The molecule has 6 nitrogen and oxygen atoms in total. The Balaban J connectivity index is 1.75. The van der Waals surface area contributed by atoms with E-state index in [2.05, 4.69) is 5.32 Å². The zero-order chi connectivity index (χ0) is 14.3. The van der Waals surface area contributed by atoms with E-state index in [-0.39, 0.29) is 11.3 Å². The summed E-state index contributed by atoms with van der Waals surface area (Å²) in [5, 5.41) is 23.1. The highest BCUT2D eigenvalue weighted by atomic mass is 16.6. The lowest BCUT2D eigenvalue weighted by Crippen LogP contribution is -2.17. The minimum absolute atomic E-state index is 0.267. The standard InChI is InChI=1S/C14H16N2O4/c17-13(18)11-7-10(3-4-12(11)16(19)20)15-8-14(5-6-14)9-1-2-9/h3-4,7,9,15H,1-2,5-6,8H2,(H,17,18). The van der Waals surface area contributed by atoms with Crippen molar-refractivity contribution in [1.29, 1.82) is 0 Å². The van der Waals surface area contributed by atoms with Crippen LogP contribution in [0.15, 0.2) is 18.2 Å². The fourth-order valence-corrected chi connectivity index (χ4v) is 2.84. The molecule has 2 fully saturated rings. The van der Waals surface area contributed by atoms with E-state index < -0.39 is 10.9 Å². The van der Waals surface area contributed by atoms with Crippen molar-refractivity contribution in [2.45, 2.75) is 25.7 Å². The molecule has 1 aromatic carbocycles. The van der Waals surface area contributed by atoms with Gasteiger partial charge in [-0.15, -0.1) is 0 Å². The second-order valence-corrected chi connectivity index (χ2v) is 5.78. The molecule has 2 aliphatic carbocycles. The third kappa shape index (κ3) is 2.33. The summed E-state index contributed by atoms with van der Waals surface area (Å²) in [5.74, 6) is -0.462. The molecular weight excluding hydrogens is 260 g/mol. The van der Waals surface area contributed by atoms with Crippen molar-refractivity contribution in [2.75, 3.05) is 11.9 Å². The van der Waals surface area contributed by atoms with E-state index in [0.717, 1.165) is 12.5 Å². The van der Waals surface area contributed by atoms with Crippen molar-refractivity contribution in [3.8, 4) is 0 Å². The Morgan fingerprint density at radius 3 is 2.65 bits per heavy atom.